The fraction of sp³-hybridized carbons (Fsp3) is 0.158. The Kier molecular flexibility index (Phi) is 5.35. The molecule has 0 aliphatic carbocycles. The Hall–Kier alpha value is -4.08. The highest BCUT2D eigenvalue weighted by Gasteiger charge is 2.37. The lowest BCUT2D eigenvalue weighted by Crippen LogP contribution is -2.31. The van der Waals surface area contributed by atoms with Crippen LogP contribution in [0.5, 0.6) is 0 Å². The van der Waals surface area contributed by atoms with Crippen molar-refractivity contribution in [1.82, 2.24) is 9.80 Å². The van der Waals surface area contributed by atoms with Crippen LogP contribution in [0.25, 0.3) is 0 Å². The maximum Gasteiger partial charge on any atom is 0.296 e. The molecule has 0 aromatic heterocycles. The monoisotopic (exact) mass is 397 g/mol. The highest BCUT2D eigenvalue weighted by Crippen LogP contribution is 2.28. The van der Waals surface area contributed by atoms with Crippen molar-refractivity contribution in [3.05, 3.63) is 80.4 Å². The third kappa shape index (κ3) is 3.81. The molecule has 0 fully saturated rings. The molecule has 1 aliphatic heterocycles. The summed E-state index contributed by atoms with van der Waals surface area (Å²) in [5, 5.41) is 9.25. The second-order valence-corrected chi connectivity index (χ2v) is 6.27. The molecule has 2 aromatic rings. The number of carbonyl (C=O) groups is 4. The molecule has 0 N–H and O–H groups in total. The van der Waals surface area contributed by atoms with E-state index in [-0.39, 0.29) is 28.8 Å². The summed E-state index contributed by atoms with van der Waals surface area (Å²) < 4.78 is 0. The molecular weight excluding hydrogens is 382 g/mol. The summed E-state index contributed by atoms with van der Waals surface area (Å²) >= 11 is 0. The summed E-state index contributed by atoms with van der Waals surface area (Å²) in [5.74, 6) is -1.93. The van der Waals surface area contributed by atoms with E-state index in [9.17, 15) is 29.3 Å². The van der Waals surface area contributed by atoms with Gasteiger partial charge in [-0.3, -0.25) is 28.9 Å². The Morgan fingerprint density at radius 2 is 1.79 bits per heavy atom. The van der Waals surface area contributed by atoms with Crippen LogP contribution in [0.15, 0.2) is 42.5 Å². The van der Waals surface area contributed by atoms with E-state index in [1.165, 1.54) is 13.1 Å². The van der Waals surface area contributed by atoms with Crippen LogP contribution in [0.3, 0.4) is 0 Å². The number of amides is 3. The molecule has 0 unspecified atom stereocenters. The Morgan fingerprint density at radius 1 is 1.17 bits per heavy atom. The first-order valence-corrected chi connectivity index (χ1v) is 8.39. The zero-order chi connectivity index (χ0) is 21.1. The fourth-order valence-corrected chi connectivity index (χ4v) is 2.94. The van der Waals surface area contributed by atoms with Gasteiger partial charge in [-0.15, -0.1) is 10.1 Å². The summed E-state index contributed by atoms with van der Waals surface area (Å²) in [5.41, 5.74) is 0.489. The molecule has 3 amide bonds. The van der Waals surface area contributed by atoms with E-state index in [0.29, 0.717) is 6.29 Å². The zero-order valence-electron chi connectivity index (χ0n) is 15.2. The number of imide groups is 1. The van der Waals surface area contributed by atoms with Crippen molar-refractivity contribution in [3.63, 3.8) is 0 Å². The second kappa shape index (κ2) is 7.89. The van der Waals surface area contributed by atoms with E-state index in [0.717, 1.165) is 21.4 Å². The van der Waals surface area contributed by atoms with Crippen LogP contribution in [0.4, 0.5) is 0 Å². The lowest BCUT2D eigenvalue weighted by Gasteiger charge is -2.17. The van der Waals surface area contributed by atoms with E-state index < -0.39 is 29.5 Å². The number of carbonyl (C=O) groups excluding carboxylic acids is 4. The molecule has 0 spiro atoms. The molecule has 148 valence electrons. The van der Waals surface area contributed by atoms with Crippen molar-refractivity contribution in [2.45, 2.75) is 6.54 Å². The SMILES string of the molecule is CN(CO[N+](=O)[O-])C(=O)c1cc2c(cc1C=O)C(=O)N(Cc1ccccc1)C2=O. The van der Waals surface area contributed by atoms with Crippen molar-refractivity contribution in [3.8, 4) is 0 Å². The van der Waals surface area contributed by atoms with E-state index in [4.69, 9.17) is 0 Å². The van der Waals surface area contributed by atoms with Gasteiger partial charge in [0.1, 0.15) is 0 Å². The third-order valence-electron chi connectivity index (χ3n) is 4.39. The van der Waals surface area contributed by atoms with E-state index >= 15 is 0 Å². The smallest absolute Gasteiger partial charge is 0.296 e. The first-order chi connectivity index (χ1) is 13.8. The van der Waals surface area contributed by atoms with Gasteiger partial charge in [0.05, 0.1) is 23.2 Å². The summed E-state index contributed by atoms with van der Waals surface area (Å²) in [6.45, 7) is -0.613. The normalized spacial score (nSPS) is 12.5. The Labute approximate surface area is 164 Å². The van der Waals surface area contributed by atoms with Crippen LogP contribution >= 0.6 is 0 Å². The molecule has 0 bridgehead atoms. The van der Waals surface area contributed by atoms with E-state index in [2.05, 4.69) is 4.84 Å². The quantitative estimate of drug-likeness (QED) is 0.228. The van der Waals surface area contributed by atoms with E-state index in [1.54, 1.807) is 30.3 Å². The van der Waals surface area contributed by atoms with Gasteiger partial charge in [-0.05, 0) is 17.7 Å². The molecule has 1 heterocycles. The molecule has 0 atom stereocenters. The number of hydrogen-bond donors (Lipinski definition) is 0. The number of fused-ring (bicyclic) bond motifs is 1. The lowest BCUT2D eigenvalue weighted by molar-refractivity contribution is -0.761. The molecule has 0 radical (unpaired) electrons. The van der Waals surface area contributed by atoms with Crippen LogP contribution in [0, 0.1) is 10.1 Å². The summed E-state index contributed by atoms with van der Waals surface area (Å²) in [6.07, 6.45) is 0.382. The number of hydrogen-bond acceptors (Lipinski definition) is 7. The minimum atomic E-state index is -1.06. The van der Waals surface area contributed by atoms with E-state index in [1.807, 2.05) is 0 Å². The molecule has 0 saturated heterocycles. The van der Waals surface area contributed by atoms with Crippen LogP contribution < -0.4 is 0 Å². The number of nitrogens with zero attached hydrogens (tertiary/aromatic N) is 3. The van der Waals surface area contributed by atoms with Crippen molar-refractivity contribution >= 4 is 24.0 Å². The van der Waals surface area contributed by atoms with Gasteiger partial charge in [0, 0.05) is 12.6 Å². The third-order valence-corrected chi connectivity index (χ3v) is 4.39. The van der Waals surface area contributed by atoms with Crippen molar-refractivity contribution in [1.29, 1.82) is 0 Å². The summed E-state index contributed by atoms with van der Waals surface area (Å²) in [4.78, 5) is 65.8. The first kappa shape index (κ1) is 19.7. The molecule has 10 heteroatoms. The standard InChI is InChI=1S/C19H15N3O7/c1-20(11-29-22(27)28)17(24)14-8-16-15(7-13(14)10-23)18(25)21(19(16)26)9-12-5-3-2-4-6-12/h2-8,10H,9,11H2,1H3. The molecule has 29 heavy (non-hydrogen) atoms. The average Bonchev–Trinajstić information content (AvgIpc) is 2.95. The topological polar surface area (TPSA) is 127 Å². The second-order valence-electron chi connectivity index (χ2n) is 6.27. The molecule has 2 aromatic carbocycles. The largest absolute Gasteiger partial charge is 0.318 e. The molecule has 3 rings (SSSR count). The van der Waals surface area contributed by atoms with Gasteiger partial charge >= 0.3 is 0 Å². The highest BCUT2D eigenvalue weighted by atomic mass is 17.0. The van der Waals surface area contributed by atoms with Gasteiger partial charge in [-0.2, -0.15) is 0 Å². The van der Waals surface area contributed by atoms with Crippen LogP contribution in [-0.4, -0.2) is 52.7 Å². The van der Waals surface area contributed by atoms with Crippen LogP contribution in [-0.2, 0) is 11.4 Å². The lowest BCUT2D eigenvalue weighted by atomic mass is 9.99. The van der Waals surface area contributed by atoms with Crippen molar-refractivity contribution in [2.24, 2.45) is 0 Å². The Bertz CT molecular complexity index is 1020. The van der Waals surface area contributed by atoms with Gasteiger partial charge < -0.3 is 4.90 Å². The van der Waals surface area contributed by atoms with Gasteiger partial charge in [0.15, 0.2) is 13.0 Å². The average molecular weight is 397 g/mol. The van der Waals surface area contributed by atoms with Gasteiger partial charge in [-0.1, -0.05) is 30.3 Å². The van der Waals surface area contributed by atoms with Crippen molar-refractivity contribution < 1.29 is 29.1 Å². The molecule has 1 aliphatic rings. The van der Waals surface area contributed by atoms with Crippen molar-refractivity contribution in [2.75, 3.05) is 13.8 Å². The van der Waals surface area contributed by atoms with Crippen LogP contribution in [0.1, 0.15) is 47.0 Å². The number of rotatable bonds is 7. The maximum atomic E-state index is 12.7. The molecule has 10 nitrogen and oxygen atoms in total. The zero-order valence-corrected chi connectivity index (χ0v) is 15.2. The molecule has 0 saturated carbocycles. The first-order valence-electron chi connectivity index (χ1n) is 8.39. The van der Waals surface area contributed by atoms with Gasteiger partial charge in [-0.25, -0.2) is 0 Å². The van der Waals surface area contributed by atoms with Gasteiger partial charge in [0.25, 0.3) is 22.8 Å². The summed E-state index contributed by atoms with van der Waals surface area (Å²) in [6, 6.07) is 11.2. The predicted molar refractivity (Wildman–Crippen MR) is 97.5 cm³/mol. The number of aldehydes is 1. The minimum Gasteiger partial charge on any atom is -0.318 e. The Morgan fingerprint density at radius 3 is 2.38 bits per heavy atom. The maximum absolute atomic E-state index is 12.7. The van der Waals surface area contributed by atoms with Gasteiger partial charge in [0.2, 0.25) is 0 Å². The number of benzene rings is 2. The summed E-state index contributed by atoms with van der Waals surface area (Å²) in [7, 11) is 1.24. The molecular formula is C19H15N3O7. The van der Waals surface area contributed by atoms with Crippen LogP contribution in [0.2, 0.25) is 0 Å². The minimum absolute atomic E-state index is 0.0107. The fourth-order valence-electron chi connectivity index (χ4n) is 2.94. The highest BCUT2D eigenvalue weighted by molar-refractivity contribution is 6.22. The Balaban J connectivity index is 1.93. The predicted octanol–water partition coefficient (Wildman–Crippen LogP) is 1.53.